The molecule has 1 aromatic carbocycles. The zero-order valence-electron chi connectivity index (χ0n) is 11.1. The molecule has 7 heteroatoms. The minimum atomic E-state index is -4.60. The first-order chi connectivity index (χ1) is 9.41. The summed E-state index contributed by atoms with van der Waals surface area (Å²) in [6.07, 6.45) is 1.98. The van der Waals surface area contributed by atoms with Gasteiger partial charge in [0.2, 0.25) is 9.84 Å². The number of sulfone groups is 1. The fourth-order valence-electron chi connectivity index (χ4n) is 2.22. The van der Waals surface area contributed by atoms with Gasteiger partial charge >= 0.3 is 5.76 Å². The summed E-state index contributed by atoms with van der Waals surface area (Å²) in [6, 6.07) is 5.69. The Balaban J connectivity index is 2.13. The summed E-state index contributed by atoms with van der Waals surface area (Å²) in [5, 5.41) is 2.90. The van der Waals surface area contributed by atoms with Crippen molar-refractivity contribution in [3.05, 3.63) is 24.3 Å². The Hall–Kier alpha value is -1.21. The summed E-state index contributed by atoms with van der Waals surface area (Å²) in [7, 11) is -4.60. The fourth-order valence-corrected chi connectivity index (χ4v) is 3.12. The molecular weight excluding hydrogens is 288 g/mol. The van der Waals surface area contributed by atoms with Gasteiger partial charge in [-0.25, -0.2) is 8.42 Å². The van der Waals surface area contributed by atoms with Crippen LogP contribution in [0.1, 0.15) is 19.8 Å². The van der Waals surface area contributed by atoms with Crippen LogP contribution in [-0.4, -0.2) is 32.9 Å². The second-order valence-corrected chi connectivity index (χ2v) is 6.71. The van der Waals surface area contributed by atoms with Gasteiger partial charge in [-0.05, 0) is 31.9 Å². The highest BCUT2D eigenvalue weighted by Gasteiger charge is 2.29. The molecule has 0 aliphatic carbocycles. The Morgan fingerprint density at radius 3 is 2.65 bits per heavy atom. The molecule has 1 N–H and O–H groups in total. The highest BCUT2D eigenvalue weighted by atomic mass is 32.2. The van der Waals surface area contributed by atoms with Gasteiger partial charge in [0.05, 0.1) is 22.8 Å². The smallest absolute Gasteiger partial charge is 0.341 e. The molecular formula is C13H17F2NO3S. The Morgan fingerprint density at radius 2 is 2.05 bits per heavy atom. The zero-order valence-corrected chi connectivity index (χ0v) is 11.9. The third-order valence-corrected chi connectivity index (χ3v) is 4.71. The van der Waals surface area contributed by atoms with Crippen LogP contribution in [0.2, 0.25) is 0 Å². The van der Waals surface area contributed by atoms with Gasteiger partial charge in [0.15, 0.2) is 0 Å². The van der Waals surface area contributed by atoms with E-state index in [1.165, 1.54) is 18.2 Å². The molecule has 2 rings (SSSR count). The molecule has 1 aliphatic heterocycles. The number of anilines is 1. The molecule has 2 unspecified atom stereocenters. The van der Waals surface area contributed by atoms with Crippen LogP contribution in [0, 0.1) is 0 Å². The molecule has 1 saturated heterocycles. The number of ether oxygens (including phenoxy) is 1. The molecule has 0 aromatic heterocycles. The Bertz CT molecular complexity index is 562. The molecule has 1 fully saturated rings. The van der Waals surface area contributed by atoms with Gasteiger partial charge < -0.3 is 10.1 Å². The van der Waals surface area contributed by atoms with Gasteiger partial charge in [0, 0.05) is 6.54 Å². The van der Waals surface area contributed by atoms with Crippen LogP contribution < -0.4 is 5.32 Å². The first-order valence-electron chi connectivity index (χ1n) is 6.41. The Labute approximate surface area is 117 Å². The van der Waals surface area contributed by atoms with Crippen LogP contribution in [0.3, 0.4) is 0 Å². The van der Waals surface area contributed by atoms with Crippen LogP contribution in [-0.2, 0) is 14.6 Å². The molecule has 1 heterocycles. The SMILES string of the molecule is CC1CCC(CNc2ccccc2S(=O)(=O)C(F)F)O1. The van der Waals surface area contributed by atoms with Crippen molar-refractivity contribution in [1.29, 1.82) is 0 Å². The largest absolute Gasteiger partial charge is 0.381 e. The lowest BCUT2D eigenvalue weighted by Crippen LogP contribution is -2.21. The first kappa shape index (κ1) is 15.2. The standard InChI is InChI=1S/C13H17F2NO3S/c1-9-6-7-10(19-9)8-16-11-4-2-3-5-12(11)20(17,18)13(14)15/h2-5,9-10,13,16H,6-8H2,1H3. The summed E-state index contributed by atoms with van der Waals surface area (Å²) >= 11 is 0. The molecule has 1 aromatic rings. The fraction of sp³-hybridized carbons (Fsp3) is 0.538. The second kappa shape index (κ2) is 6.05. The van der Waals surface area contributed by atoms with Crippen LogP contribution >= 0.6 is 0 Å². The van der Waals surface area contributed by atoms with E-state index in [2.05, 4.69) is 5.32 Å². The van der Waals surface area contributed by atoms with Gasteiger partial charge in [0.25, 0.3) is 0 Å². The number of hydrogen-bond donors (Lipinski definition) is 1. The van der Waals surface area contributed by atoms with E-state index in [-0.39, 0.29) is 22.8 Å². The van der Waals surface area contributed by atoms with Crippen molar-refractivity contribution in [2.75, 3.05) is 11.9 Å². The average Bonchev–Trinajstić information content (AvgIpc) is 2.82. The molecule has 0 radical (unpaired) electrons. The van der Waals surface area contributed by atoms with Crippen LogP contribution in [0.25, 0.3) is 0 Å². The van der Waals surface area contributed by atoms with E-state index in [1.54, 1.807) is 6.07 Å². The van der Waals surface area contributed by atoms with Crippen molar-refractivity contribution in [3.8, 4) is 0 Å². The van der Waals surface area contributed by atoms with Crippen molar-refractivity contribution >= 4 is 15.5 Å². The van der Waals surface area contributed by atoms with Gasteiger partial charge in [-0.3, -0.25) is 0 Å². The van der Waals surface area contributed by atoms with Crippen molar-refractivity contribution in [3.63, 3.8) is 0 Å². The predicted octanol–water partition coefficient (Wildman–Crippen LogP) is 2.66. The van der Waals surface area contributed by atoms with Gasteiger partial charge in [-0.1, -0.05) is 12.1 Å². The van der Waals surface area contributed by atoms with Gasteiger partial charge in [-0.15, -0.1) is 0 Å². The van der Waals surface area contributed by atoms with Crippen LogP contribution in [0.4, 0.5) is 14.5 Å². The van der Waals surface area contributed by atoms with Crippen LogP contribution in [0.5, 0.6) is 0 Å². The van der Waals surface area contributed by atoms with Gasteiger partial charge in [0.1, 0.15) is 0 Å². The lowest BCUT2D eigenvalue weighted by Gasteiger charge is -2.15. The van der Waals surface area contributed by atoms with E-state index in [1.807, 2.05) is 6.92 Å². The van der Waals surface area contributed by atoms with E-state index in [0.29, 0.717) is 6.54 Å². The van der Waals surface area contributed by atoms with Crippen molar-refractivity contribution in [2.24, 2.45) is 0 Å². The number of rotatable bonds is 5. The zero-order chi connectivity index (χ0) is 14.8. The van der Waals surface area contributed by atoms with E-state index in [0.717, 1.165) is 12.8 Å². The third kappa shape index (κ3) is 3.27. The van der Waals surface area contributed by atoms with E-state index >= 15 is 0 Å². The van der Waals surface area contributed by atoms with E-state index in [9.17, 15) is 17.2 Å². The highest BCUT2D eigenvalue weighted by molar-refractivity contribution is 7.91. The summed E-state index contributed by atoms with van der Waals surface area (Å²) in [6.45, 7) is 2.37. The maximum absolute atomic E-state index is 12.6. The number of nitrogens with one attached hydrogen (secondary N) is 1. The minimum Gasteiger partial charge on any atom is -0.381 e. The highest BCUT2D eigenvalue weighted by Crippen LogP contribution is 2.27. The molecule has 0 spiro atoms. The normalized spacial score (nSPS) is 23.2. The van der Waals surface area contributed by atoms with Crippen molar-refractivity contribution < 1.29 is 21.9 Å². The van der Waals surface area contributed by atoms with Crippen molar-refractivity contribution in [1.82, 2.24) is 0 Å². The number of hydrogen-bond acceptors (Lipinski definition) is 4. The van der Waals surface area contributed by atoms with Crippen LogP contribution in [0.15, 0.2) is 29.2 Å². The number of halogens is 2. The second-order valence-electron chi connectivity index (χ2n) is 4.83. The molecule has 0 saturated carbocycles. The summed E-state index contributed by atoms with van der Waals surface area (Å²) < 4.78 is 54.0. The lowest BCUT2D eigenvalue weighted by molar-refractivity contribution is 0.0636. The Morgan fingerprint density at radius 1 is 1.35 bits per heavy atom. The Kier molecular flexibility index (Phi) is 4.59. The molecule has 20 heavy (non-hydrogen) atoms. The molecule has 0 bridgehead atoms. The maximum atomic E-state index is 12.6. The lowest BCUT2D eigenvalue weighted by atomic mass is 10.2. The molecule has 0 amide bonds. The third-order valence-electron chi connectivity index (χ3n) is 3.27. The summed E-state index contributed by atoms with van der Waals surface area (Å²) in [5.74, 6) is -3.42. The molecule has 112 valence electrons. The number of alkyl halides is 2. The topological polar surface area (TPSA) is 55.4 Å². The van der Waals surface area contributed by atoms with E-state index in [4.69, 9.17) is 4.74 Å². The predicted molar refractivity (Wildman–Crippen MR) is 71.7 cm³/mol. The minimum absolute atomic E-state index is 0.0210. The number of benzene rings is 1. The monoisotopic (exact) mass is 305 g/mol. The van der Waals surface area contributed by atoms with Gasteiger partial charge in [-0.2, -0.15) is 8.78 Å². The summed E-state index contributed by atoms with van der Waals surface area (Å²) in [4.78, 5) is -0.374. The van der Waals surface area contributed by atoms with Crippen molar-refractivity contribution in [2.45, 2.75) is 42.6 Å². The average molecular weight is 305 g/mol. The van der Waals surface area contributed by atoms with E-state index < -0.39 is 15.6 Å². The summed E-state index contributed by atoms with van der Waals surface area (Å²) in [5.41, 5.74) is 0.191. The first-order valence-corrected chi connectivity index (χ1v) is 7.96. The molecule has 2 atom stereocenters. The quantitative estimate of drug-likeness (QED) is 0.908. The molecule has 4 nitrogen and oxygen atoms in total. The number of para-hydroxylation sites is 1. The maximum Gasteiger partial charge on any atom is 0.341 e. The molecule has 1 aliphatic rings.